The molecule has 5 nitrogen and oxygen atoms in total. The standard InChI is InChI=1S/C15H21N3O2/c1-2-13(12-5-3-4-6-14(12)19)17-7-8-18-11(10-17)9-16-15(18)20/h3-6,11,13,19H,2,7-10H2,1H3,(H,16,20). The van der Waals surface area contributed by atoms with Gasteiger partial charge in [0.25, 0.3) is 0 Å². The number of amides is 2. The summed E-state index contributed by atoms with van der Waals surface area (Å²) in [5.41, 5.74) is 0.987. The summed E-state index contributed by atoms with van der Waals surface area (Å²) in [6.45, 7) is 5.36. The molecule has 0 spiro atoms. The van der Waals surface area contributed by atoms with E-state index in [9.17, 15) is 9.90 Å². The minimum Gasteiger partial charge on any atom is -0.508 e. The van der Waals surface area contributed by atoms with Crippen LogP contribution in [0.5, 0.6) is 5.75 Å². The second-order valence-corrected chi connectivity index (χ2v) is 5.51. The van der Waals surface area contributed by atoms with Crippen molar-refractivity contribution in [2.24, 2.45) is 0 Å². The van der Waals surface area contributed by atoms with Crippen molar-refractivity contribution in [3.05, 3.63) is 29.8 Å². The lowest BCUT2D eigenvalue weighted by atomic mass is 9.99. The van der Waals surface area contributed by atoms with E-state index in [4.69, 9.17) is 0 Å². The van der Waals surface area contributed by atoms with Gasteiger partial charge < -0.3 is 15.3 Å². The van der Waals surface area contributed by atoms with E-state index in [-0.39, 0.29) is 18.1 Å². The molecule has 0 aliphatic carbocycles. The smallest absolute Gasteiger partial charge is 0.317 e. The maximum Gasteiger partial charge on any atom is 0.317 e. The highest BCUT2D eigenvalue weighted by atomic mass is 16.3. The van der Waals surface area contributed by atoms with Crippen LogP contribution in [0.15, 0.2) is 24.3 Å². The summed E-state index contributed by atoms with van der Waals surface area (Å²) in [5.74, 6) is 0.363. The average molecular weight is 275 g/mol. The number of carbonyl (C=O) groups excluding carboxylic acids is 1. The molecule has 2 aliphatic heterocycles. The molecule has 2 fully saturated rings. The van der Waals surface area contributed by atoms with Gasteiger partial charge in [0, 0.05) is 37.8 Å². The highest BCUT2D eigenvalue weighted by Gasteiger charge is 2.37. The molecular formula is C15H21N3O2. The molecule has 1 aromatic rings. The molecule has 2 aliphatic rings. The molecule has 2 atom stereocenters. The number of benzene rings is 1. The Hall–Kier alpha value is -1.75. The van der Waals surface area contributed by atoms with Crippen molar-refractivity contribution in [3.8, 4) is 5.75 Å². The highest BCUT2D eigenvalue weighted by molar-refractivity contribution is 5.77. The Kier molecular flexibility index (Phi) is 3.53. The van der Waals surface area contributed by atoms with Gasteiger partial charge in [0.05, 0.1) is 6.04 Å². The summed E-state index contributed by atoms with van der Waals surface area (Å²) in [7, 11) is 0. The van der Waals surface area contributed by atoms with Gasteiger partial charge in [0.1, 0.15) is 5.75 Å². The van der Waals surface area contributed by atoms with Crippen LogP contribution in [0.4, 0.5) is 4.79 Å². The van der Waals surface area contributed by atoms with Crippen molar-refractivity contribution in [2.75, 3.05) is 26.2 Å². The summed E-state index contributed by atoms with van der Waals surface area (Å²) >= 11 is 0. The maximum atomic E-state index is 11.6. The normalized spacial score (nSPS) is 24.4. The van der Waals surface area contributed by atoms with E-state index < -0.39 is 0 Å². The molecule has 0 bridgehead atoms. The molecule has 2 saturated heterocycles. The molecule has 108 valence electrons. The number of carbonyl (C=O) groups is 1. The lowest BCUT2D eigenvalue weighted by molar-refractivity contribution is 0.0850. The lowest BCUT2D eigenvalue weighted by Crippen LogP contribution is -2.52. The number of phenols is 1. The predicted octanol–water partition coefficient (Wildman–Crippen LogP) is 1.55. The van der Waals surface area contributed by atoms with E-state index >= 15 is 0 Å². The van der Waals surface area contributed by atoms with Gasteiger partial charge in [0.15, 0.2) is 0 Å². The Morgan fingerprint density at radius 3 is 2.95 bits per heavy atom. The second kappa shape index (κ2) is 5.32. The average Bonchev–Trinajstić information content (AvgIpc) is 2.83. The molecule has 5 heteroatoms. The molecule has 20 heavy (non-hydrogen) atoms. The van der Waals surface area contributed by atoms with E-state index in [2.05, 4.69) is 17.1 Å². The Morgan fingerprint density at radius 1 is 1.40 bits per heavy atom. The van der Waals surface area contributed by atoms with Gasteiger partial charge in [0.2, 0.25) is 0 Å². The number of urea groups is 1. The highest BCUT2D eigenvalue weighted by Crippen LogP contribution is 2.32. The van der Waals surface area contributed by atoms with Gasteiger partial charge in [-0.05, 0) is 12.5 Å². The Bertz CT molecular complexity index is 506. The first-order chi connectivity index (χ1) is 9.70. The number of nitrogens with one attached hydrogen (secondary N) is 1. The zero-order valence-electron chi connectivity index (χ0n) is 11.7. The maximum absolute atomic E-state index is 11.6. The van der Waals surface area contributed by atoms with E-state index in [1.54, 1.807) is 6.07 Å². The second-order valence-electron chi connectivity index (χ2n) is 5.51. The number of aromatic hydroxyl groups is 1. The zero-order valence-corrected chi connectivity index (χ0v) is 11.7. The Labute approximate surface area is 119 Å². The number of fused-ring (bicyclic) bond motifs is 1. The first-order valence-electron chi connectivity index (χ1n) is 7.27. The Morgan fingerprint density at radius 2 is 2.20 bits per heavy atom. The molecule has 3 rings (SSSR count). The number of hydrogen-bond donors (Lipinski definition) is 2. The van der Waals surface area contributed by atoms with Gasteiger partial charge in [-0.2, -0.15) is 0 Å². The first-order valence-corrected chi connectivity index (χ1v) is 7.27. The van der Waals surface area contributed by atoms with Crippen LogP contribution < -0.4 is 5.32 Å². The third-order valence-electron chi connectivity index (χ3n) is 4.39. The molecule has 1 aromatic carbocycles. The molecule has 0 saturated carbocycles. The summed E-state index contributed by atoms with van der Waals surface area (Å²) in [6, 6.07) is 8.09. The summed E-state index contributed by atoms with van der Waals surface area (Å²) in [5, 5.41) is 13.0. The SMILES string of the molecule is CCC(c1ccccc1O)N1CCN2C(=O)NCC2C1. The van der Waals surface area contributed by atoms with Crippen molar-refractivity contribution in [2.45, 2.75) is 25.4 Å². The number of nitrogens with zero attached hydrogens (tertiary/aromatic N) is 2. The van der Waals surface area contributed by atoms with E-state index in [0.717, 1.165) is 38.2 Å². The minimum absolute atomic E-state index is 0.0604. The fraction of sp³-hybridized carbons (Fsp3) is 0.533. The fourth-order valence-electron chi connectivity index (χ4n) is 3.36. The van der Waals surface area contributed by atoms with E-state index in [1.165, 1.54) is 0 Å². The summed E-state index contributed by atoms with van der Waals surface area (Å²) < 4.78 is 0. The van der Waals surface area contributed by atoms with Crippen molar-refractivity contribution < 1.29 is 9.90 Å². The van der Waals surface area contributed by atoms with Gasteiger partial charge in [-0.25, -0.2) is 4.79 Å². The number of piperazine rings is 1. The number of hydrogen-bond acceptors (Lipinski definition) is 3. The monoisotopic (exact) mass is 275 g/mol. The van der Waals surface area contributed by atoms with Crippen molar-refractivity contribution in [1.82, 2.24) is 15.1 Å². The minimum atomic E-state index is 0.0604. The van der Waals surface area contributed by atoms with Crippen LogP contribution in [-0.4, -0.2) is 53.2 Å². The first kappa shape index (κ1) is 13.2. The van der Waals surface area contributed by atoms with Crippen LogP contribution in [0, 0.1) is 0 Å². The van der Waals surface area contributed by atoms with E-state index in [0.29, 0.717) is 5.75 Å². The zero-order chi connectivity index (χ0) is 14.1. The number of para-hydroxylation sites is 1. The number of phenolic OH excluding ortho intramolecular Hbond substituents is 1. The quantitative estimate of drug-likeness (QED) is 0.880. The lowest BCUT2D eigenvalue weighted by Gasteiger charge is -2.40. The van der Waals surface area contributed by atoms with Crippen molar-refractivity contribution >= 4 is 6.03 Å². The molecular weight excluding hydrogens is 254 g/mol. The van der Waals surface area contributed by atoms with Gasteiger partial charge in [-0.15, -0.1) is 0 Å². The summed E-state index contributed by atoms with van der Waals surface area (Å²) in [4.78, 5) is 15.9. The van der Waals surface area contributed by atoms with Crippen molar-refractivity contribution in [3.63, 3.8) is 0 Å². The summed E-state index contributed by atoms with van der Waals surface area (Å²) in [6.07, 6.45) is 0.950. The number of rotatable bonds is 3. The predicted molar refractivity (Wildman–Crippen MR) is 76.6 cm³/mol. The van der Waals surface area contributed by atoms with Crippen molar-refractivity contribution in [1.29, 1.82) is 0 Å². The van der Waals surface area contributed by atoms with Crippen LogP contribution in [0.25, 0.3) is 0 Å². The molecule has 2 amide bonds. The molecule has 2 heterocycles. The van der Waals surface area contributed by atoms with Gasteiger partial charge in [-0.1, -0.05) is 25.1 Å². The third-order valence-corrected chi connectivity index (χ3v) is 4.39. The van der Waals surface area contributed by atoms with Gasteiger partial charge in [-0.3, -0.25) is 4.90 Å². The topological polar surface area (TPSA) is 55.8 Å². The van der Waals surface area contributed by atoms with Gasteiger partial charge >= 0.3 is 6.03 Å². The molecule has 2 N–H and O–H groups in total. The molecule has 0 radical (unpaired) electrons. The van der Waals surface area contributed by atoms with Crippen LogP contribution in [0.3, 0.4) is 0 Å². The Balaban J connectivity index is 1.78. The van der Waals surface area contributed by atoms with E-state index in [1.807, 2.05) is 23.1 Å². The van der Waals surface area contributed by atoms with Crippen LogP contribution >= 0.6 is 0 Å². The van der Waals surface area contributed by atoms with Crippen LogP contribution in [0.1, 0.15) is 24.9 Å². The van der Waals surface area contributed by atoms with Crippen LogP contribution in [0.2, 0.25) is 0 Å². The molecule has 2 unspecified atom stereocenters. The van der Waals surface area contributed by atoms with Crippen LogP contribution in [-0.2, 0) is 0 Å². The molecule has 0 aromatic heterocycles. The third kappa shape index (κ3) is 2.22. The largest absolute Gasteiger partial charge is 0.508 e. The fourth-order valence-corrected chi connectivity index (χ4v) is 3.36.